The minimum atomic E-state index is -0.530. The molecule has 0 aliphatic carbocycles. The highest BCUT2D eigenvalue weighted by molar-refractivity contribution is 5.88. The van der Waals surface area contributed by atoms with Crippen molar-refractivity contribution in [3.05, 3.63) is 35.4 Å². The Labute approximate surface area is 157 Å². The second-order valence-corrected chi connectivity index (χ2v) is 6.63. The fraction of sp³-hybridized carbons (Fsp3) is 0.556. The van der Waals surface area contributed by atoms with Gasteiger partial charge in [0.25, 0.3) is 0 Å². The van der Waals surface area contributed by atoms with Crippen LogP contribution in [0.1, 0.15) is 36.6 Å². The Balaban J connectivity index is 1.67. The molecule has 27 heavy (non-hydrogen) atoms. The molecule has 3 rings (SSSR count). The number of carbonyl (C=O) groups excluding carboxylic acids is 2. The van der Waals surface area contributed by atoms with E-state index in [2.05, 4.69) is 15.5 Å². The van der Waals surface area contributed by atoms with Gasteiger partial charge in [-0.3, -0.25) is 14.5 Å². The number of carbonyl (C=O) groups is 2. The normalized spacial score (nSPS) is 17.7. The Kier molecular flexibility index (Phi) is 5.90. The van der Waals surface area contributed by atoms with E-state index in [1.54, 1.807) is 11.8 Å². The first-order valence-electron chi connectivity index (χ1n) is 9.10. The monoisotopic (exact) mass is 375 g/mol. The summed E-state index contributed by atoms with van der Waals surface area (Å²) < 4.78 is 10.6. The first-order valence-corrected chi connectivity index (χ1v) is 9.10. The van der Waals surface area contributed by atoms with Gasteiger partial charge in [0.15, 0.2) is 5.82 Å². The molecule has 0 saturated carbocycles. The van der Waals surface area contributed by atoms with Gasteiger partial charge in [0.1, 0.15) is 11.5 Å². The minimum Gasteiger partial charge on any atom is -0.465 e. The van der Waals surface area contributed by atoms with Crippen LogP contribution in [0.4, 0.5) is 0 Å². The summed E-state index contributed by atoms with van der Waals surface area (Å²) in [6.07, 6.45) is 0.0935. The largest absolute Gasteiger partial charge is 0.465 e. The summed E-state index contributed by atoms with van der Waals surface area (Å²) in [6, 6.07) is 3.26. The second-order valence-electron chi connectivity index (χ2n) is 6.63. The van der Waals surface area contributed by atoms with Crippen molar-refractivity contribution in [3.63, 3.8) is 0 Å². The fourth-order valence-electron chi connectivity index (χ4n) is 3.19. The Morgan fingerprint density at radius 2 is 2.22 bits per heavy atom. The number of hydrogen-bond acceptors (Lipinski definition) is 7. The number of rotatable bonds is 7. The Bertz CT molecular complexity index is 799. The van der Waals surface area contributed by atoms with Crippen LogP contribution in [0.5, 0.6) is 0 Å². The van der Waals surface area contributed by atoms with Crippen molar-refractivity contribution in [2.75, 3.05) is 19.6 Å². The lowest BCUT2D eigenvalue weighted by Gasteiger charge is -2.35. The topological polar surface area (TPSA) is 105 Å². The summed E-state index contributed by atoms with van der Waals surface area (Å²) in [5.41, 5.74) is 0. The van der Waals surface area contributed by atoms with Gasteiger partial charge in [-0.1, -0.05) is 5.16 Å². The summed E-state index contributed by atoms with van der Waals surface area (Å²) in [4.78, 5) is 33.0. The summed E-state index contributed by atoms with van der Waals surface area (Å²) >= 11 is 0. The molecule has 146 valence electrons. The lowest BCUT2D eigenvalue weighted by atomic mass is 10.1. The van der Waals surface area contributed by atoms with Gasteiger partial charge >= 0.3 is 0 Å². The molecule has 0 bridgehead atoms. The van der Waals surface area contributed by atoms with Crippen LogP contribution < -0.4 is 5.32 Å². The average molecular weight is 375 g/mol. The van der Waals surface area contributed by atoms with Crippen molar-refractivity contribution >= 4 is 11.8 Å². The number of aromatic nitrogens is 2. The predicted molar refractivity (Wildman–Crippen MR) is 95.4 cm³/mol. The fourth-order valence-corrected chi connectivity index (χ4v) is 3.19. The van der Waals surface area contributed by atoms with Gasteiger partial charge in [0.05, 0.1) is 25.6 Å². The maximum atomic E-state index is 12.8. The zero-order valence-electron chi connectivity index (χ0n) is 15.9. The Morgan fingerprint density at radius 1 is 1.41 bits per heavy atom. The Morgan fingerprint density at radius 3 is 2.85 bits per heavy atom. The summed E-state index contributed by atoms with van der Waals surface area (Å²) in [6.45, 7) is 7.95. The van der Waals surface area contributed by atoms with E-state index in [4.69, 9.17) is 8.94 Å². The molecule has 1 saturated heterocycles. The van der Waals surface area contributed by atoms with Crippen molar-refractivity contribution in [3.8, 4) is 0 Å². The molecule has 1 atom stereocenters. The summed E-state index contributed by atoms with van der Waals surface area (Å²) in [7, 11) is 0. The van der Waals surface area contributed by atoms with Crippen molar-refractivity contribution < 1.29 is 18.5 Å². The van der Waals surface area contributed by atoms with Crippen LogP contribution in [0.3, 0.4) is 0 Å². The van der Waals surface area contributed by atoms with Gasteiger partial charge in [0, 0.05) is 26.6 Å². The third-order valence-corrected chi connectivity index (χ3v) is 4.60. The lowest BCUT2D eigenvalue weighted by molar-refractivity contribution is -0.139. The van der Waals surface area contributed by atoms with E-state index in [9.17, 15) is 9.59 Å². The van der Waals surface area contributed by atoms with Gasteiger partial charge in [-0.15, -0.1) is 0 Å². The third-order valence-electron chi connectivity index (χ3n) is 4.60. The molecule has 1 fully saturated rings. The third kappa shape index (κ3) is 4.73. The number of furan rings is 1. The smallest absolute Gasteiger partial charge is 0.237 e. The molecule has 0 aromatic carbocycles. The van der Waals surface area contributed by atoms with Crippen molar-refractivity contribution in [1.82, 2.24) is 25.3 Å². The number of nitrogens with zero attached hydrogens (tertiary/aromatic N) is 4. The van der Waals surface area contributed by atoms with E-state index < -0.39 is 6.04 Å². The maximum absolute atomic E-state index is 12.8. The van der Waals surface area contributed by atoms with E-state index in [0.29, 0.717) is 37.9 Å². The van der Waals surface area contributed by atoms with Crippen LogP contribution in [0.25, 0.3) is 0 Å². The number of amides is 2. The molecule has 2 aromatic rings. The molecule has 2 aromatic heterocycles. The molecule has 9 nitrogen and oxygen atoms in total. The van der Waals surface area contributed by atoms with Gasteiger partial charge < -0.3 is 19.2 Å². The quantitative estimate of drug-likeness (QED) is 0.770. The summed E-state index contributed by atoms with van der Waals surface area (Å²) in [5.74, 6) is 2.27. The second kappa shape index (κ2) is 8.34. The van der Waals surface area contributed by atoms with Crippen LogP contribution in [0, 0.1) is 13.8 Å². The van der Waals surface area contributed by atoms with Crippen molar-refractivity contribution in [2.45, 2.75) is 46.3 Å². The highest BCUT2D eigenvalue weighted by Crippen LogP contribution is 2.17. The molecule has 1 aliphatic rings. The first-order chi connectivity index (χ1) is 13.0. The molecule has 0 spiro atoms. The molecule has 3 heterocycles. The van der Waals surface area contributed by atoms with E-state index in [1.807, 2.05) is 30.9 Å². The Hall–Kier alpha value is -2.68. The van der Waals surface area contributed by atoms with Gasteiger partial charge in [-0.05, 0) is 26.0 Å². The van der Waals surface area contributed by atoms with Crippen molar-refractivity contribution in [2.24, 2.45) is 0 Å². The van der Waals surface area contributed by atoms with Crippen LogP contribution in [0.15, 0.2) is 21.1 Å². The molecular weight excluding hydrogens is 350 g/mol. The molecule has 1 N–H and O–H groups in total. The van der Waals surface area contributed by atoms with Crippen LogP contribution in [0.2, 0.25) is 0 Å². The van der Waals surface area contributed by atoms with Gasteiger partial charge in [0.2, 0.25) is 17.7 Å². The number of piperazine rings is 1. The lowest BCUT2D eigenvalue weighted by Crippen LogP contribution is -2.56. The molecule has 0 unspecified atom stereocenters. The van der Waals surface area contributed by atoms with Gasteiger partial charge in [-0.2, -0.15) is 4.98 Å². The van der Waals surface area contributed by atoms with Gasteiger partial charge in [-0.25, -0.2) is 0 Å². The van der Waals surface area contributed by atoms with E-state index in [0.717, 1.165) is 11.5 Å². The molecule has 1 aliphatic heterocycles. The molecule has 0 radical (unpaired) electrons. The SMILES string of the molecule is CCN(Cc1noc(C)n1)C(=O)C[C@@H]1C(=O)NCCN1Cc1ccc(C)o1. The predicted octanol–water partition coefficient (Wildman–Crippen LogP) is 1.02. The first kappa shape index (κ1) is 19.1. The van der Waals surface area contributed by atoms with Crippen LogP contribution in [-0.4, -0.2) is 57.4 Å². The zero-order chi connectivity index (χ0) is 19.4. The van der Waals surface area contributed by atoms with E-state index in [1.165, 1.54) is 0 Å². The molecular formula is C18H25N5O4. The number of hydrogen-bond donors (Lipinski definition) is 1. The van der Waals surface area contributed by atoms with Crippen molar-refractivity contribution in [1.29, 1.82) is 0 Å². The zero-order valence-corrected chi connectivity index (χ0v) is 15.9. The van der Waals surface area contributed by atoms with Crippen LogP contribution in [-0.2, 0) is 22.7 Å². The maximum Gasteiger partial charge on any atom is 0.237 e. The van der Waals surface area contributed by atoms with Crippen LogP contribution >= 0.6 is 0 Å². The standard InChI is InChI=1S/C18H25N5O4/c1-4-22(11-16-20-13(3)27-21-16)17(24)9-15-18(25)19-7-8-23(15)10-14-6-5-12(2)26-14/h5-6,15H,4,7-11H2,1-3H3,(H,19,25)/t15-/m1/s1. The van der Waals surface area contributed by atoms with E-state index >= 15 is 0 Å². The van der Waals surface area contributed by atoms with E-state index in [-0.39, 0.29) is 24.8 Å². The number of nitrogens with one attached hydrogen (secondary N) is 1. The average Bonchev–Trinajstić information content (AvgIpc) is 3.23. The highest BCUT2D eigenvalue weighted by atomic mass is 16.5. The minimum absolute atomic E-state index is 0.0935. The summed E-state index contributed by atoms with van der Waals surface area (Å²) in [5, 5.41) is 6.69. The molecule has 9 heteroatoms. The molecule has 2 amide bonds. The highest BCUT2D eigenvalue weighted by Gasteiger charge is 2.33. The number of aryl methyl sites for hydroxylation is 2.